The molecular formula is C26H21F4N3O4S. The number of benzene rings is 2. The van der Waals surface area contributed by atoms with E-state index in [2.05, 4.69) is 0 Å². The zero-order chi connectivity index (χ0) is 27.4. The summed E-state index contributed by atoms with van der Waals surface area (Å²) in [6.45, 7) is 1.31. The van der Waals surface area contributed by atoms with Gasteiger partial charge in [0.05, 0.1) is 6.04 Å². The Bertz CT molecular complexity index is 1510. The van der Waals surface area contributed by atoms with E-state index in [1.54, 1.807) is 18.2 Å². The standard InChI is InChI=1S/C26H21F4N3O4S/c1-14(26(28,29)30)31-13-33(32-10-9-20(35)24(37-15(2)34)23(32)25(31)36)22-18-5-3-4-6-21(18)38-12-16-7-8-17(27)11-19(16)22/h3-11,14,22H,12-13H2,1-2H3/t14-,22-/m1/s1. The van der Waals surface area contributed by atoms with Crippen LogP contribution in [0.15, 0.2) is 64.4 Å². The van der Waals surface area contributed by atoms with Crippen molar-refractivity contribution < 1.29 is 31.9 Å². The van der Waals surface area contributed by atoms with Crippen LogP contribution in [0.2, 0.25) is 0 Å². The number of halogens is 4. The maximum Gasteiger partial charge on any atom is 0.408 e. The summed E-state index contributed by atoms with van der Waals surface area (Å²) in [5.74, 6) is -2.78. The number of fused-ring (bicyclic) bond motifs is 3. The van der Waals surface area contributed by atoms with Crippen molar-refractivity contribution in [2.75, 3.05) is 11.7 Å². The minimum Gasteiger partial charge on any atom is -0.420 e. The number of hydrogen-bond donors (Lipinski definition) is 0. The summed E-state index contributed by atoms with van der Waals surface area (Å²) >= 11 is 1.49. The molecule has 2 aliphatic rings. The van der Waals surface area contributed by atoms with E-state index in [1.807, 2.05) is 12.1 Å². The van der Waals surface area contributed by atoms with Crippen molar-refractivity contribution in [2.24, 2.45) is 0 Å². The largest absolute Gasteiger partial charge is 0.420 e. The molecule has 1 aromatic heterocycles. The Kier molecular flexibility index (Phi) is 6.46. The van der Waals surface area contributed by atoms with E-state index in [0.29, 0.717) is 21.8 Å². The Balaban J connectivity index is 1.81. The van der Waals surface area contributed by atoms with Gasteiger partial charge in [0.25, 0.3) is 5.91 Å². The molecule has 0 fully saturated rings. The third-order valence-corrected chi connectivity index (χ3v) is 7.70. The number of hydrogen-bond acceptors (Lipinski definition) is 6. The number of thioether (sulfide) groups is 1. The smallest absolute Gasteiger partial charge is 0.408 e. The van der Waals surface area contributed by atoms with E-state index >= 15 is 0 Å². The molecule has 0 unspecified atom stereocenters. The average molecular weight is 548 g/mol. The van der Waals surface area contributed by atoms with Gasteiger partial charge in [0.15, 0.2) is 5.69 Å². The Morgan fingerprint density at radius 2 is 1.84 bits per heavy atom. The molecule has 0 N–H and O–H groups in total. The van der Waals surface area contributed by atoms with Crippen LogP contribution in [-0.4, -0.2) is 40.3 Å². The normalized spacial score (nSPS) is 17.7. The number of nitrogens with zero attached hydrogens (tertiary/aromatic N) is 3. The van der Waals surface area contributed by atoms with Crippen molar-refractivity contribution in [3.05, 3.63) is 93.2 Å². The van der Waals surface area contributed by atoms with Gasteiger partial charge in [-0.25, -0.2) is 4.39 Å². The second-order valence-corrected chi connectivity index (χ2v) is 9.96. The topological polar surface area (TPSA) is 71.8 Å². The van der Waals surface area contributed by atoms with Crippen LogP contribution >= 0.6 is 11.8 Å². The minimum atomic E-state index is -4.79. The molecule has 12 heteroatoms. The van der Waals surface area contributed by atoms with Crippen molar-refractivity contribution >= 4 is 23.6 Å². The highest BCUT2D eigenvalue weighted by Crippen LogP contribution is 2.43. The molecule has 7 nitrogen and oxygen atoms in total. The second-order valence-electron chi connectivity index (χ2n) is 8.94. The summed E-state index contributed by atoms with van der Waals surface area (Å²) in [5.41, 5.74) is 0.559. The quantitative estimate of drug-likeness (QED) is 0.353. The molecule has 0 spiro atoms. The highest BCUT2D eigenvalue weighted by atomic mass is 32.2. The molecule has 2 aliphatic heterocycles. The van der Waals surface area contributed by atoms with E-state index in [9.17, 15) is 31.9 Å². The van der Waals surface area contributed by atoms with Gasteiger partial charge in [-0.3, -0.25) is 24.1 Å². The van der Waals surface area contributed by atoms with Gasteiger partial charge in [-0.05, 0) is 41.8 Å². The van der Waals surface area contributed by atoms with Gasteiger partial charge in [-0.15, -0.1) is 11.8 Å². The fraction of sp³-hybridized carbons (Fsp3) is 0.269. The lowest BCUT2D eigenvalue weighted by atomic mass is 9.94. The molecule has 1 amide bonds. The maximum absolute atomic E-state index is 14.6. The van der Waals surface area contributed by atoms with Gasteiger partial charge < -0.3 is 9.64 Å². The summed E-state index contributed by atoms with van der Waals surface area (Å²) < 4.78 is 62.6. The third kappa shape index (κ3) is 4.42. The van der Waals surface area contributed by atoms with E-state index < -0.39 is 59.5 Å². The van der Waals surface area contributed by atoms with Crippen LogP contribution in [-0.2, 0) is 10.5 Å². The number of carbonyl (C=O) groups is 2. The van der Waals surface area contributed by atoms with Crippen LogP contribution in [0.3, 0.4) is 0 Å². The Hall–Kier alpha value is -3.80. The predicted octanol–water partition coefficient (Wildman–Crippen LogP) is 4.61. The molecule has 2 atom stereocenters. The fourth-order valence-corrected chi connectivity index (χ4v) is 5.80. The fourth-order valence-electron chi connectivity index (χ4n) is 4.70. The zero-order valence-electron chi connectivity index (χ0n) is 20.2. The zero-order valence-corrected chi connectivity index (χ0v) is 21.0. The van der Waals surface area contributed by atoms with Gasteiger partial charge in [0, 0.05) is 29.8 Å². The van der Waals surface area contributed by atoms with E-state index in [0.717, 1.165) is 30.4 Å². The van der Waals surface area contributed by atoms with Gasteiger partial charge in [-0.2, -0.15) is 13.2 Å². The molecule has 5 rings (SSSR count). The predicted molar refractivity (Wildman–Crippen MR) is 131 cm³/mol. The lowest BCUT2D eigenvalue weighted by molar-refractivity contribution is -0.173. The molecule has 2 aromatic carbocycles. The number of carbonyl (C=O) groups excluding carboxylic acids is 2. The maximum atomic E-state index is 14.6. The first-order valence-corrected chi connectivity index (χ1v) is 12.5. The van der Waals surface area contributed by atoms with Crippen LogP contribution in [0.4, 0.5) is 17.6 Å². The molecule has 38 heavy (non-hydrogen) atoms. The molecule has 3 heterocycles. The summed E-state index contributed by atoms with van der Waals surface area (Å²) in [6, 6.07) is 9.46. The molecule has 0 bridgehead atoms. The molecular weight excluding hydrogens is 526 g/mol. The van der Waals surface area contributed by atoms with Crippen molar-refractivity contribution in [3.8, 4) is 5.75 Å². The summed E-state index contributed by atoms with van der Waals surface area (Å²) in [5, 5.41) is 1.45. The van der Waals surface area contributed by atoms with Crippen molar-refractivity contribution in [1.82, 2.24) is 9.58 Å². The van der Waals surface area contributed by atoms with E-state index in [1.165, 1.54) is 39.8 Å². The van der Waals surface area contributed by atoms with Gasteiger partial charge in [-0.1, -0.05) is 24.3 Å². The first-order chi connectivity index (χ1) is 18.0. The first kappa shape index (κ1) is 25.8. The molecule has 3 aromatic rings. The lowest BCUT2D eigenvalue weighted by Crippen LogP contribution is -2.60. The Morgan fingerprint density at radius 1 is 1.11 bits per heavy atom. The summed E-state index contributed by atoms with van der Waals surface area (Å²) in [7, 11) is 0. The van der Waals surface area contributed by atoms with Crippen LogP contribution in [0, 0.1) is 5.82 Å². The van der Waals surface area contributed by atoms with Crippen LogP contribution in [0.5, 0.6) is 5.75 Å². The van der Waals surface area contributed by atoms with E-state index in [4.69, 9.17) is 4.74 Å². The van der Waals surface area contributed by atoms with Crippen molar-refractivity contribution in [1.29, 1.82) is 0 Å². The Labute approximate surface area is 218 Å². The van der Waals surface area contributed by atoms with Crippen molar-refractivity contribution in [2.45, 2.75) is 42.8 Å². The molecule has 0 aliphatic carbocycles. The van der Waals surface area contributed by atoms with Gasteiger partial charge in [0.1, 0.15) is 18.5 Å². The lowest BCUT2D eigenvalue weighted by Gasteiger charge is -2.46. The Morgan fingerprint density at radius 3 is 2.55 bits per heavy atom. The van der Waals surface area contributed by atoms with E-state index in [-0.39, 0.29) is 0 Å². The highest BCUT2D eigenvalue weighted by Gasteiger charge is 2.48. The summed E-state index contributed by atoms with van der Waals surface area (Å²) in [4.78, 5) is 39.3. The molecule has 0 radical (unpaired) electrons. The number of pyridine rings is 1. The number of alkyl halides is 3. The minimum absolute atomic E-state index is 0.480. The second kappa shape index (κ2) is 9.50. The molecule has 0 saturated heterocycles. The SMILES string of the molecule is CC(=O)Oc1c2n(ccc1=O)N([C@H]1c3cc(F)ccc3CSc3ccccc31)CN([C@H](C)C(F)(F)F)C2=O. The molecule has 198 valence electrons. The highest BCUT2D eigenvalue weighted by molar-refractivity contribution is 7.98. The first-order valence-electron chi connectivity index (χ1n) is 11.6. The molecule has 0 saturated carbocycles. The van der Waals surface area contributed by atoms with Crippen LogP contribution in [0.1, 0.15) is 47.1 Å². The number of ether oxygens (including phenoxy) is 1. The number of esters is 1. The number of amides is 1. The average Bonchev–Trinajstić information content (AvgIpc) is 3.01. The van der Waals surface area contributed by atoms with Crippen LogP contribution in [0.25, 0.3) is 0 Å². The van der Waals surface area contributed by atoms with Crippen LogP contribution < -0.4 is 15.2 Å². The monoisotopic (exact) mass is 547 g/mol. The summed E-state index contributed by atoms with van der Waals surface area (Å²) in [6.07, 6.45) is -3.54. The third-order valence-electron chi connectivity index (χ3n) is 6.56. The van der Waals surface area contributed by atoms with Crippen molar-refractivity contribution in [3.63, 3.8) is 0 Å². The number of aromatic nitrogens is 1. The number of rotatable bonds is 3. The van der Waals surface area contributed by atoms with Gasteiger partial charge in [0.2, 0.25) is 11.2 Å². The van der Waals surface area contributed by atoms with Gasteiger partial charge >= 0.3 is 12.1 Å².